The van der Waals surface area contributed by atoms with Gasteiger partial charge in [0.25, 0.3) is 0 Å². The second-order valence-corrected chi connectivity index (χ2v) is 7.65. The van der Waals surface area contributed by atoms with Gasteiger partial charge in [0.05, 0.1) is 12.0 Å². The van der Waals surface area contributed by atoms with Crippen LogP contribution in [0.15, 0.2) is 34.9 Å². The summed E-state index contributed by atoms with van der Waals surface area (Å²) in [6.45, 7) is 4.59. The Balaban J connectivity index is 2.12. The lowest BCUT2D eigenvalue weighted by Gasteiger charge is -2.16. The largest absolute Gasteiger partial charge is 0.464 e. The van der Waals surface area contributed by atoms with Crippen LogP contribution in [0.5, 0.6) is 0 Å². The Kier molecular flexibility index (Phi) is 5.42. The van der Waals surface area contributed by atoms with Gasteiger partial charge in [0, 0.05) is 22.7 Å². The van der Waals surface area contributed by atoms with E-state index in [2.05, 4.69) is 12.2 Å². The van der Waals surface area contributed by atoms with E-state index in [-0.39, 0.29) is 17.5 Å². The lowest BCUT2D eigenvalue weighted by atomic mass is 10.0. The van der Waals surface area contributed by atoms with Crippen molar-refractivity contribution in [2.24, 2.45) is 0 Å². The third-order valence-corrected chi connectivity index (χ3v) is 5.52. The highest BCUT2D eigenvalue weighted by molar-refractivity contribution is 7.91. The Morgan fingerprint density at radius 2 is 2.00 bits per heavy atom. The number of para-hydroxylation sites is 1. The molecule has 1 heterocycles. The van der Waals surface area contributed by atoms with Crippen LogP contribution in [-0.4, -0.2) is 26.5 Å². The summed E-state index contributed by atoms with van der Waals surface area (Å²) < 4.78 is 28.8. The van der Waals surface area contributed by atoms with E-state index in [1.54, 1.807) is 13.2 Å². The number of sulfone groups is 1. The maximum atomic E-state index is 11.6. The third kappa shape index (κ3) is 4.08. The Morgan fingerprint density at radius 1 is 1.24 bits per heavy atom. The molecule has 1 atom stereocenters. The van der Waals surface area contributed by atoms with E-state index in [1.165, 1.54) is 0 Å². The summed E-state index contributed by atoms with van der Waals surface area (Å²) >= 11 is 0. The average Bonchev–Trinajstić information content (AvgIpc) is 2.90. The maximum absolute atomic E-state index is 11.6. The van der Waals surface area contributed by atoms with E-state index >= 15 is 0 Å². The summed E-state index contributed by atoms with van der Waals surface area (Å²) in [5.74, 6) is 0.467. The molecule has 0 saturated heterocycles. The van der Waals surface area contributed by atoms with Crippen LogP contribution in [0.4, 0.5) is 0 Å². The van der Waals surface area contributed by atoms with Crippen LogP contribution in [-0.2, 0) is 9.84 Å². The Hall–Kier alpha value is -1.33. The number of fused-ring (bicyclic) bond motifs is 1. The maximum Gasteiger partial charge on any atom is 0.150 e. The minimum Gasteiger partial charge on any atom is -0.464 e. The lowest BCUT2D eigenvalue weighted by molar-refractivity contribution is 0.499. The first-order valence-electron chi connectivity index (χ1n) is 7.47. The third-order valence-electron chi connectivity index (χ3n) is 3.72. The standard InChI is InChI=1S/C16H23NO3S/c1-3-17-15(9-7-11-21(18,19)4-2)14-12-20-16-10-6-5-8-13(14)16/h5-6,8,10,12,15,17H,3-4,7,9,11H2,1-2H3. The Bertz CT molecular complexity index is 676. The molecule has 0 aliphatic rings. The van der Waals surface area contributed by atoms with Crippen LogP contribution >= 0.6 is 0 Å². The molecule has 0 saturated carbocycles. The van der Waals surface area contributed by atoms with Gasteiger partial charge in [-0.15, -0.1) is 0 Å². The number of benzene rings is 1. The molecule has 2 aromatic rings. The van der Waals surface area contributed by atoms with Gasteiger partial charge in [-0.05, 0) is 25.5 Å². The Labute approximate surface area is 126 Å². The SMILES string of the molecule is CCNC(CCCS(=O)(=O)CC)c1coc2ccccc12. The normalized spacial score (nSPS) is 13.6. The molecular weight excluding hydrogens is 286 g/mol. The molecule has 1 aromatic carbocycles. The van der Waals surface area contributed by atoms with E-state index in [0.29, 0.717) is 6.42 Å². The molecule has 1 N–H and O–H groups in total. The van der Waals surface area contributed by atoms with E-state index in [4.69, 9.17) is 4.42 Å². The van der Waals surface area contributed by atoms with Gasteiger partial charge in [-0.3, -0.25) is 0 Å². The van der Waals surface area contributed by atoms with Gasteiger partial charge in [-0.1, -0.05) is 32.0 Å². The number of furan rings is 1. The summed E-state index contributed by atoms with van der Waals surface area (Å²) in [6, 6.07) is 8.06. The smallest absolute Gasteiger partial charge is 0.150 e. The molecule has 4 nitrogen and oxygen atoms in total. The molecular formula is C16H23NO3S. The van der Waals surface area contributed by atoms with E-state index in [1.807, 2.05) is 24.3 Å². The van der Waals surface area contributed by atoms with E-state index in [0.717, 1.165) is 29.5 Å². The van der Waals surface area contributed by atoms with Gasteiger partial charge < -0.3 is 9.73 Å². The predicted octanol–water partition coefficient (Wildman–Crippen LogP) is 3.30. The van der Waals surface area contributed by atoms with Gasteiger partial charge in [-0.2, -0.15) is 0 Å². The molecule has 5 heteroatoms. The highest BCUT2D eigenvalue weighted by Gasteiger charge is 2.17. The number of nitrogens with one attached hydrogen (secondary N) is 1. The molecule has 0 aliphatic heterocycles. The molecule has 2 rings (SSSR count). The van der Waals surface area contributed by atoms with Crippen molar-refractivity contribution in [2.75, 3.05) is 18.1 Å². The first-order chi connectivity index (χ1) is 10.1. The summed E-state index contributed by atoms with van der Waals surface area (Å²) in [5, 5.41) is 4.53. The van der Waals surface area contributed by atoms with Gasteiger partial charge in [0.2, 0.25) is 0 Å². The zero-order chi connectivity index (χ0) is 15.3. The second-order valence-electron chi connectivity index (χ2n) is 5.18. The topological polar surface area (TPSA) is 59.3 Å². The first kappa shape index (κ1) is 16.0. The van der Waals surface area contributed by atoms with Gasteiger partial charge in [0.15, 0.2) is 0 Å². The molecule has 0 spiro atoms. The number of hydrogen-bond donors (Lipinski definition) is 1. The summed E-state index contributed by atoms with van der Waals surface area (Å²) in [5.41, 5.74) is 1.98. The molecule has 0 aliphatic carbocycles. The van der Waals surface area contributed by atoms with Crippen molar-refractivity contribution in [3.63, 3.8) is 0 Å². The van der Waals surface area contributed by atoms with Crippen LogP contribution in [0.3, 0.4) is 0 Å². The second kappa shape index (κ2) is 7.09. The van der Waals surface area contributed by atoms with Gasteiger partial charge in [0.1, 0.15) is 15.4 Å². The quantitative estimate of drug-likeness (QED) is 0.813. The Morgan fingerprint density at radius 3 is 2.71 bits per heavy atom. The fourth-order valence-electron chi connectivity index (χ4n) is 2.53. The number of rotatable bonds is 8. The fourth-order valence-corrected chi connectivity index (χ4v) is 3.43. The van der Waals surface area contributed by atoms with Crippen LogP contribution in [0.2, 0.25) is 0 Å². The lowest BCUT2D eigenvalue weighted by Crippen LogP contribution is -2.21. The van der Waals surface area contributed by atoms with Crippen molar-refractivity contribution >= 4 is 20.8 Å². The van der Waals surface area contributed by atoms with Crippen LogP contribution in [0.1, 0.15) is 38.3 Å². The van der Waals surface area contributed by atoms with Crippen molar-refractivity contribution in [1.82, 2.24) is 5.32 Å². The zero-order valence-corrected chi connectivity index (χ0v) is 13.4. The summed E-state index contributed by atoms with van der Waals surface area (Å²) in [4.78, 5) is 0. The minimum absolute atomic E-state index is 0.130. The molecule has 21 heavy (non-hydrogen) atoms. The molecule has 0 radical (unpaired) electrons. The fraction of sp³-hybridized carbons (Fsp3) is 0.500. The highest BCUT2D eigenvalue weighted by atomic mass is 32.2. The highest BCUT2D eigenvalue weighted by Crippen LogP contribution is 2.29. The van der Waals surface area contributed by atoms with Crippen molar-refractivity contribution in [2.45, 2.75) is 32.7 Å². The van der Waals surface area contributed by atoms with Crippen molar-refractivity contribution < 1.29 is 12.8 Å². The predicted molar refractivity (Wildman–Crippen MR) is 86.2 cm³/mol. The van der Waals surface area contributed by atoms with Gasteiger partial charge >= 0.3 is 0 Å². The molecule has 0 bridgehead atoms. The van der Waals surface area contributed by atoms with Crippen LogP contribution in [0.25, 0.3) is 11.0 Å². The minimum atomic E-state index is -2.89. The van der Waals surface area contributed by atoms with Crippen molar-refractivity contribution in [3.05, 3.63) is 36.1 Å². The van der Waals surface area contributed by atoms with E-state index < -0.39 is 9.84 Å². The molecule has 1 aromatic heterocycles. The van der Waals surface area contributed by atoms with Crippen LogP contribution in [0, 0.1) is 0 Å². The monoisotopic (exact) mass is 309 g/mol. The summed E-state index contributed by atoms with van der Waals surface area (Å²) in [6.07, 6.45) is 3.23. The van der Waals surface area contributed by atoms with Crippen molar-refractivity contribution in [1.29, 1.82) is 0 Å². The van der Waals surface area contributed by atoms with E-state index in [9.17, 15) is 8.42 Å². The summed E-state index contributed by atoms with van der Waals surface area (Å²) in [7, 11) is -2.89. The average molecular weight is 309 g/mol. The van der Waals surface area contributed by atoms with Crippen LogP contribution < -0.4 is 5.32 Å². The zero-order valence-electron chi connectivity index (χ0n) is 12.6. The molecule has 0 amide bonds. The molecule has 0 fully saturated rings. The molecule has 1 unspecified atom stereocenters. The number of hydrogen-bond acceptors (Lipinski definition) is 4. The first-order valence-corrected chi connectivity index (χ1v) is 9.29. The van der Waals surface area contributed by atoms with Gasteiger partial charge in [-0.25, -0.2) is 8.42 Å². The van der Waals surface area contributed by atoms with Crippen molar-refractivity contribution in [3.8, 4) is 0 Å². The molecule has 116 valence electrons.